The fourth-order valence-electron chi connectivity index (χ4n) is 2.29. The van der Waals surface area contributed by atoms with Gasteiger partial charge in [-0.15, -0.1) is 5.10 Å². The summed E-state index contributed by atoms with van der Waals surface area (Å²) in [6, 6.07) is 0.395. The Morgan fingerprint density at radius 1 is 1.47 bits per heavy atom. The van der Waals surface area contributed by atoms with Gasteiger partial charge in [0.25, 0.3) is 5.91 Å². The van der Waals surface area contributed by atoms with Crippen LogP contribution in [0.1, 0.15) is 55.5 Å². The number of hydrogen-bond acceptors (Lipinski definition) is 4. The second kappa shape index (κ2) is 6.14. The van der Waals surface area contributed by atoms with Crippen molar-refractivity contribution < 1.29 is 4.79 Å². The number of carbonyl (C=O) groups is 1. The highest BCUT2D eigenvalue weighted by molar-refractivity contribution is 5.90. The first-order valence-corrected chi connectivity index (χ1v) is 6.99. The third-order valence-electron chi connectivity index (χ3n) is 3.49. The Hall–Kier alpha value is -1.43. The number of likely N-dealkylation sites (N-methyl/N-ethyl adjacent to an activating group) is 1. The van der Waals surface area contributed by atoms with Crippen molar-refractivity contribution in [2.45, 2.75) is 45.1 Å². The first kappa shape index (κ1) is 14.0. The van der Waals surface area contributed by atoms with Gasteiger partial charge in [0.2, 0.25) is 5.82 Å². The van der Waals surface area contributed by atoms with E-state index in [2.05, 4.69) is 20.5 Å². The predicted octanol–water partition coefficient (Wildman–Crippen LogP) is 1.14. The highest BCUT2D eigenvalue weighted by atomic mass is 16.2. The van der Waals surface area contributed by atoms with Gasteiger partial charge in [-0.2, -0.15) is 0 Å². The molecule has 2 rings (SSSR count). The lowest BCUT2D eigenvalue weighted by molar-refractivity contribution is 0.0763. The van der Waals surface area contributed by atoms with Crippen LogP contribution in [0.2, 0.25) is 0 Å². The molecule has 1 aromatic heterocycles. The third kappa shape index (κ3) is 3.53. The number of H-pyrrole nitrogens is 1. The molecule has 1 aliphatic heterocycles. The van der Waals surface area contributed by atoms with E-state index in [4.69, 9.17) is 0 Å². The molecule has 2 N–H and O–H groups in total. The van der Waals surface area contributed by atoms with E-state index in [9.17, 15) is 4.79 Å². The zero-order valence-electron chi connectivity index (χ0n) is 11.9. The lowest BCUT2D eigenvalue weighted by atomic mass is 10.0. The monoisotopic (exact) mass is 265 g/mol. The van der Waals surface area contributed by atoms with E-state index < -0.39 is 0 Å². The van der Waals surface area contributed by atoms with Crippen LogP contribution >= 0.6 is 0 Å². The number of nitrogens with zero attached hydrogens (tertiary/aromatic N) is 3. The molecule has 2 heterocycles. The maximum Gasteiger partial charge on any atom is 0.293 e. The molecule has 0 aliphatic carbocycles. The molecular weight excluding hydrogens is 242 g/mol. The van der Waals surface area contributed by atoms with Crippen molar-refractivity contribution >= 4 is 5.91 Å². The number of piperidine rings is 1. The van der Waals surface area contributed by atoms with Gasteiger partial charge in [-0.1, -0.05) is 20.3 Å². The lowest BCUT2D eigenvalue weighted by Gasteiger charge is -2.27. The van der Waals surface area contributed by atoms with Crippen LogP contribution in [0.25, 0.3) is 0 Å². The molecule has 0 radical (unpaired) electrons. The summed E-state index contributed by atoms with van der Waals surface area (Å²) in [6.07, 6.45) is 3.59. The Labute approximate surface area is 114 Å². The number of carbonyl (C=O) groups excluding carboxylic acids is 1. The minimum atomic E-state index is -0.115. The summed E-state index contributed by atoms with van der Waals surface area (Å²) in [5, 5.41) is 10.3. The fraction of sp³-hybridized carbons (Fsp3) is 0.769. The second-order valence-electron chi connectivity index (χ2n) is 5.53. The van der Waals surface area contributed by atoms with E-state index in [-0.39, 0.29) is 17.6 Å². The van der Waals surface area contributed by atoms with Crippen molar-refractivity contribution in [2.75, 3.05) is 20.1 Å². The van der Waals surface area contributed by atoms with Crippen LogP contribution in [0, 0.1) is 0 Å². The average molecular weight is 265 g/mol. The molecule has 0 saturated carbocycles. The van der Waals surface area contributed by atoms with Crippen LogP contribution in [0.3, 0.4) is 0 Å². The van der Waals surface area contributed by atoms with Gasteiger partial charge in [-0.3, -0.25) is 9.89 Å². The van der Waals surface area contributed by atoms with E-state index in [1.165, 1.54) is 12.8 Å². The predicted molar refractivity (Wildman–Crippen MR) is 73.1 cm³/mol. The molecule has 6 nitrogen and oxygen atoms in total. The number of aromatic amines is 1. The summed E-state index contributed by atoms with van der Waals surface area (Å²) < 4.78 is 0. The molecule has 1 fully saturated rings. The molecular formula is C13H23N5O. The number of aromatic nitrogens is 3. The summed E-state index contributed by atoms with van der Waals surface area (Å²) in [4.78, 5) is 18.2. The molecule has 1 atom stereocenters. The number of nitrogens with one attached hydrogen (secondary N) is 2. The first-order chi connectivity index (χ1) is 9.08. The molecule has 1 aliphatic rings. The highest BCUT2D eigenvalue weighted by Gasteiger charge is 2.21. The zero-order chi connectivity index (χ0) is 13.8. The summed E-state index contributed by atoms with van der Waals surface area (Å²) >= 11 is 0. The molecule has 0 spiro atoms. The van der Waals surface area contributed by atoms with E-state index in [1.54, 1.807) is 4.90 Å². The van der Waals surface area contributed by atoms with Crippen LogP contribution in [0.5, 0.6) is 0 Å². The molecule has 19 heavy (non-hydrogen) atoms. The SMILES string of the molecule is CC(C)c1nc(C(=O)N(C)CC2CCCCN2)n[nH]1. The Balaban J connectivity index is 1.93. The highest BCUT2D eigenvalue weighted by Crippen LogP contribution is 2.11. The Kier molecular flexibility index (Phi) is 4.52. The molecule has 6 heteroatoms. The zero-order valence-corrected chi connectivity index (χ0v) is 11.9. The summed E-state index contributed by atoms with van der Waals surface area (Å²) in [5.74, 6) is 1.16. The van der Waals surface area contributed by atoms with Crippen LogP contribution in [-0.4, -0.2) is 52.2 Å². The Bertz CT molecular complexity index is 422. The average Bonchev–Trinajstić information content (AvgIpc) is 2.88. The minimum absolute atomic E-state index is 0.115. The van der Waals surface area contributed by atoms with Crippen molar-refractivity contribution in [1.29, 1.82) is 0 Å². The smallest absolute Gasteiger partial charge is 0.293 e. The van der Waals surface area contributed by atoms with Crippen molar-refractivity contribution in [3.63, 3.8) is 0 Å². The van der Waals surface area contributed by atoms with Crippen LogP contribution in [-0.2, 0) is 0 Å². The van der Waals surface area contributed by atoms with Crippen molar-refractivity contribution in [2.24, 2.45) is 0 Å². The van der Waals surface area contributed by atoms with Crippen molar-refractivity contribution in [3.8, 4) is 0 Å². The molecule has 1 saturated heterocycles. The van der Waals surface area contributed by atoms with Gasteiger partial charge in [0, 0.05) is 25.6 Å². The maximum absolute atomic E-state index is 12.2. The van der Waals surface area contributed by atoms with Gasteiger partial charge in [0.1, 0.15) is 5.82 Å². The van der Waals surface area contributed by atoms with Crippen molar-refractivity contribution in [3.05, 3.63) is 11.6 Å². The van der Waals surface area contributed by atoms with E-state index in [1.807, 2.05) is 20.9 Å². The summed E-state index contributed by atoms with van der Waals surface area (Å²) in [7, 11) is 1.81. The maximum atomic E-state index is 12.2. The second-order valence-corrected chi connectivity index (χ2v) is 5.53. The molecule has 0 aromatic carbocycles. The summed E-state index contributed by atoms with van der Waals surface area (Å²) in [6.45, 7) is 5.80. The molecule has 1 aromatic rings. The van der Waals surface area contributed by atoms with Crippen LogP contribution in [0.4, 0.5) is 0 Å². The van der Waals surface area contributed by atoms with Gasteiger partial charge in [-0.05, 0) is 19.4 Å². The topological polar surface area (TPSA) is 73.9 Å². The Morgan fingerprint density at radius 3 is 2.84 bits per heavy atom. The molecule has 0 bridgehead atoms. The number of hydrogen-bond donors (Lipinski definition) is 2. The minimum Gasteiger partial charge on any atom is -0.337 e. The van der Waals surface area contributed by atoms with Crippen LogP contribution < -0.4 is 5.32 Å². The quantitative estimate of drug-likeness (QED) is 0.856. The van der Waals surface area contributed by atoms with Gasteiger partial charge < -0.3 is 10.2 Å². The molecule has 1 unspecified atom stereocenters. The van der Waals surface area contributed by atoms with Crippen molar-refractivity contribution in [1.82, 2.24) is 25.4 Å². The molecule has 106 valence electrons. The van der Waals surface area contributed by atoms with E-state index in [0.29, 0.717) is 12.6 Å². The number of rotatable bonds is 4. The largest absolute Gasteiger partial charge is 0.337 e. The standard InChI is InChI=1S/C13H23N5O/c1-9(2)11-15-12(17-16-11)13(19)18(3)8-10-6-4-5-7-14-10/h9-10,14H,4-8H2,1-3H3,(H,15,16,17). The van der Waals surface area contributed by atoms with Gasteiger partial charge in [0.15, 0.2) is 0 Å². The van der Waals surface area contributed by atoms with E-state index in [0.717, 1.165) is 18.8 Å². The summed E-state index contributed by atoms with van der Waals surface area (Å²) in [5.41, 5.74) is 0. The molecule has 1 amide bonds. The van der Waals surface area contributed by atoms with Gasteiger partial charge in [0.05, 0.1) is 0 Å². The third-order valence-corrected chi connectivity index (χ3v) is 3.49. The fourth-order valence-corrected chi connectivity index (χ4v) is 2.29. The van der Waals surface area contributed by atoms with Gasteiger partial charge in [-0.25, -0.2) is 4.98 Å². The first-order valence-electron chi connectivity index (χ1n) is 6.99. The lowest BCUT2D eigenvalue weighted by Crippen LogP contribution is -2.44. The number of amides is 1. The van der Waals surface area contributed by atoms with E-state index >= 15 is 0 Å². The van der Waals surface area contributed by atoms with Gasteiger partial charge >= 0.3 is 0 Å². The normalized spacial score (nSPS) is 19.7. The Morgan fingerprint density at radius 2 is 2.26 bits per heavy atom. The van der Waals surface area contributed by atoms with Crippen LogP contribution in [0.15, 0.2) is 0 Å².